The molecule has 0 saturated heterocycles. The summed E-state index contributed by atoms with van der Waals surface area (Å²) in [6, 6.07) is 5.49. The highest BCUT2D eigenvalue weighted by molar-refractivity contribution is 5.83. The molecule has 2 aliphatic heterocycles. The van der Waals surface area contributed by atoms with Gasteiger partial charge in [0.05, 0.1) is 6.10 Å². The number of hydrogen-bond donors (Lipinski definition) is 3. The number of ether oxygens (including phenoxy) is 2. The summed E-state index contributed by atoms with van der Waals surface area (Å²) in [5, 5.41) is 23.5. The van der Waals surface area contributed by atoms with Crippen molar-refractivity contribution in [2.45, 2.75) is 71.9 Å². The minimum Gasteiger partial charge on any atom is -0.504 e. The van der Waals surface area contributed by atoms with Gasteiger partial charge in [-0.3, -0.25) is 5.32 Å². The molecule has 6 nitrogen and oxygen atoms in total. The van der Waals surface area contributed by atoms with Crippen LogP contribution in [0.3, 0.4) is 0 Å². The number of unbranched alkanes of at least 4 members (excludes halogenated alkanes) is 1. The highest BCUT2D eigenvalue weighted by Gasteiger charge is 2.31. The number of aryl methyl sites for hydroxylation is 1. The van der Waals surface area contributed by atoms with Gasteiger partial charge in [0.1, 0.15) is 30.9 Å². The van der Waals surface area contributed by atoms with Crippen LogP contribution in [0.5, 0.6) is 11.5 Å². The molecular formula is C28H41N2O4+. The topological polar surface area (TPSA) is 86.9 Å². The summed E-state index contributed by atoms with van der Waals surface area (Å²) >= 11 is 0. The number of rotatable bonds is 14. The lowest BCUT2D eigenvalue weighted by Crippen LogP contribution is -2.35. The third kappa shape index (κ3) is 7.05. The number of benzene rings is 1. The van der Waals surface area contributed by atoms with Crippen LogP contribution < -0.4 is 10.1 Å². The van der Waals surface area contributed by atoms with Gasteiger partial charge >= 0.3 is 0 Å². The van der Waals surface area contributed by atoms with Crippen LogP contribution in [0.4, 0.5) is 0 Å². The molecule has 2 atom stereocenters. The van der Waals surface area contributed by atoms with Crippen molar-refractivity contribution in [3.63, 3.8) is 0 Å². The highest BCUT2D eigenvalue weighted by atomic mass is 16.5. The lowest BCUT2D eigenvalue weighted by atomic mass is 9.97. The molecule has 0 fully saturated rings. The molecule has 0 bridgehead atoms. The highest BCUT2D eigenvalue weighted by Crippen LogP contribution is 2.32. The third-order valence-electron chi connectivity index (χ3n) is 6.37. The van der Waals surface area contributed by atoms with E-state index < -0.39 is 0 Å². The Hall–Kier alpha value is -2.41. The summed E-state index contributed by atoms with van der Waals surface area (Å²) in [4.78, 5) is 4.58. The van der Waals surface area contributed by atoms with Crippen molar-refractivity contribution in [2.75, 3.05) is 19.8 Å². The molecule has 0 radical (unpaired) electrons. The number of hydrogen-bond acceptors (Lipinski definition) is 5. The summed E-state index contributed by atoms with van der Waals surface area (Å²) in [5.41, 5.74) is 3.07. The van der Waals surface area contributed by atoms with Crippen LogP contribution in [-0.2, 0) is 6.42 Å². The van der Waals surface area contributed by atoms with Gasteiger partial charge in [0.25, 0.3) is 0 Å². The van der Waals surface area contributed by atoms with Crippen LogP contribution in [0.15, 0.2) is 46.6 Å². The van der Waals surface area contributed by atoms with E-state index in [1.807, 2.05) is 18.3 Å². The molecule has 0 amide bonds. The minimum absolute atomic E-state index is 0.0458. The lowest BCUT2D eigenvalue weighted by Gasteiger charge is -2.19. The molecule has 1 aromatic carbocycles. The summed E-state index contributed by atoms with van der Waals surface area (Å²) in [7, 11) is 0. The van der Waals surface area contributed by atoms with E-state index in [0.717, 1.165) is 61.6 Å². The lowest BCUT2D eigenvalue weighted by molar-refractivity contribution is -0.0550. The van der Waals surface area contributed by atoms with E-state index in [4.69, 9.17) is 9.47 Å². The van der Waals surface area contributed by atoms with E-state index in [1.165, 1.54) is 5.92 Å². The Morgan fingerprint density at radius 1 is 1.29 bits per heavy atom. The van der Waals surface area contributed by atoms with Crippen molar-refractivity contribution in [1.82, 2.24) is 5.32 Å². The van der Waals surface area contributed by atoms with Gasteiger partial charge in [-0.25, -0.2) is 0 Å². The fourth-order valence-electron chi connectivity index (χ4n) is 4.24. The van der Waals surface area contributed by atoms with Gasteiger partial charge in [-0.1, -0.05) is 26.3 Å². The number of likely N-dealkylation sites (N-methyl/N-ethyl adjacent to an activating group) is 1. The predicted molar refractivity (Wildman–Crippen MR) is 138 cm³/mol. The molecule has 2 heterocycles. The summed E-state index contributed by atoms with van der Waals surface area (Å²) in [6.07, 6.45) is 12.1. The first kappa shape index (κ1) is 26.2. The zero-order valence-corrected chi connectivity index (χ0v) is 21.1. The minimum atomic E-state index is -0.0458. The zero-order chi connectivity index (χ0) is 24.5. The van der Waals surface area contributed by atoms with Crippen LogP contribution in [-0.4, -0.2) is 53.1 Å². The van der Waals surface area contributed by atoms with E-state index in [1.54, 1.807) is 6.07 Å². The molecule has 4 N–H and O–H groups in total. The molecule has 1 unspecified atom stereocenters. The number of nitrogens with zero attached hydrogens (tertiary/aromatic N) is 1. The van der Waals surface area contributed by atoms with E-state index in [9.17, 15) is 10.2 Å². The first-order chi connectivity index (χ1) is 16.4. The molecule has 3 rings (SSSR count). The first-order valence-electron chi connectivity index (χ1n) is 12.6. The molecule has 0 aliphatic carbocycles. The summed E-state index contributed by atoms with van der Waals surface area (Å²) < 4.78 is 10.9. The Kier molecular flexibility index (Phi) is 9.93. The number of allylic oxidation sites excluding steroid dienone is 1. The molecule has 186 valence electrons. The smallest absolute Gasteiger partial charge is 0.196 e. The maximum Gasteiger partial charge on any atom is 0.196 e. The van der Waals surface area contributed by atoms with Gasteiger partial charge in [-0.15, -0.1) is 16.6 Å². The average Bonchev–Trinajstić information content (AvgIpc) is 3.47. The van der Waals surface area contributed by atoms with E-state index in [0.29, 0.717) is 18.3 Å². The number of nitrogens with one attached hydrogen (secondary N) is 1. The largest absolute Gasteiger partial charge is 0.504 e. The van der Waals surface area contributed by atoms with Crippen LogP contribution in [0.25, 0.3) is 0 Å². The number of phenols is 1. The van der Waals surface area contributed by atoms with Crippen molar-refractivity contribution in [2.24, 2.45) is 10.9 Å². The van der Waals surface area contributed by atoms with Crippen LogP contribution in [0, 0.1) is 17.9 Å². The van der Waals surface area contributed by atoms with Gasteiger partial charge in [0.2, 0.25) is 0 Å². The van der Waals surface area contributed by atoms with Crippen molar-refractivity contribution in [3.8, 4) is 11.5 Å². The number of aliphatic imine (C=N–C) groups is 1. The Morgan fingerprint density at radius 3 is 2.79 bits per heavy atom. The molecular weight excluding hydrogens is 428 g/mol. The normalized spacial score (nSPS) is 18.6. The number of aliphatic hydroxyl groups is 3. The second-order valence-corrected chi connectivity index (χ2v) is 9.36. The molecule has 6 heteroatoms. The Morgan fingerprint density at radius 2 is 2.12 bits per heavy atom. The molecule has 0 saturated carbocycles. The number of aromatic hydroxyl groups is 1. The van der Waals surface area contributed by atoms with Crippen LogP contribution in [0.2, 0.25) is 0 Å². The van der Waals surface area contributed by atoms with Gasteiger partial charge in [-0.05, 0) is 57.4 Å². The Labute approximate surface area is 204 Å². The maximum atomic E-state index is 10.4. The zero-order valence-electron chi connectivity index (χ0n) is 21.1. The van der Waals surface area contributed by atoms with Crippen LogP contribution >= 0.6 is 0 Å². The van der Waals surface area contributed by atoms with Gasteiger partial charge in [0, 0.05) is 18.9 Å². The maximum absolute atomic E-state index is 10.4. The van der Waals surface area contributed by atoms with Crippen molar-refractivity contribution >= 4 is 6.21 Å². The second-order valence-electron chi connectivity index (χ2n) is 9.36. The van der Waals surface area contributed by atoms with E-state index in [-0.39, 0.29) is 24.5 Å². The molecule has 1 aromatic rings. The molecule has 0 spiro atoms. The van der Waals surface area contributed by atoms with E-state index >= 15 is 0 Å². The summed E-state index contributed by atoms with van der Waals surface area (Å²) in [6.45, 7) is 9.81. The van der Waals surface area contributed by atoms with E-state index in [2.05, 4.69) is 50.2 Å². The number of phenolic OH excluding ortho intramolecular Hbond substituents is 1. The SMILES string of the molecule is CCCCC1[OH+][C-](CCc2ccc(O)c(OC[C@H](NCC)C3=C[C+](C(C)C)C=N3)c2)C=C1CO. The first-order valence-corrected chi connectivity index (χ1v) is 12.6. The van der Waals surface area contributed by atoms with Crippen molar-refractivity contribution < 1.29 is 19.7 Å². The monoisotopic (exact) mass is 469 g/mol. The summed E-state index contributed by atoms with van der Waals surface area (Å²) in [5.74, 6) is 2.27. The standard InChI is InChI=1S/C28H40N2O4/c1-5-7-8-27-22(17-31)14-23(34-27)11-9-20-10-12-26(32)28(13-20)33-18-25(29-6-2)24-15-21(16-30-24)19(3)4/h10,12-16,19,25,27,29,31,34H,5-9,11,17-18H2,1-4H3/p+1/t25-,27?/m0/s1. The van der Waals surface area contributed by atoms with Crippen LogP contribution in [0.1, 0.15) is 58.9 Å². The van der Waals surface area contributed by atoms with Gasteiger partial charge < -0.3 is 19.7 Å². The van der Waals surface area contributed by atoms with Crippen molar-refractivity contribution in [3.05, 3.63) is 59.2 Å². The van der Waals surface area contributed by atoms with Gasteiger partial charge in [0.15, 0.2) is 23.2 Å². The Balaban J connectivity index is 1.58. The van der Waals surface area contributed by atoms with Crippen molar-refractivity contribution in [1.29, 1.82) is 0 Å². The molecule has 2 aliphatic rings. The Bertz CT molecular complexity index is 877. The second kappa shape index (κ2) is 12.9. The fourth-order valence-corrected chi connectivity index (χ4v) is 4.24. The fraction of sp³-hybridized carbons (Fsp3) is 0.536. The quantitative estimate of drug-likeness (QED) is 0.278. The molecule has 0 aromatic heterocycles. The predicted octanol–water partition coefficient (Wildman–Crippen LogP) is 4.43. The third-order valence-corrected chi connectivity index (χ3v) is 6.37. The molecule has 34 heavy (non-hydrogen) atoms. The van der Waals surface area contributed by atoms with Gasteiger partial charge in [-0.2, -0.15) is 0 Å². The number of aliphatic hydroxyl groups excluding tert-OH is 1. The average molecular weight is 470 g/mol.